The monoisotopic (exact) mass is 615 g/mol. The second-order valence-electron chi connectivity index (χ2n) is 7.48. The Morgan fingerprint density at radius 2 is 1.88 bits per heavy atom. The molecule has 0 atom stereocenters. The first-order valence-corrected chi connectivity index (χ1v) is 12.7. The molecule has 0 N–H and O–H groups in total. The second-order valence-corrected chi connectivity index (χ2v) is 10.1. The normalized spacial score (nSPS) is 14.8. The van der Waals surface area contributed by atoms with Crippen LogP contribution in [0, 0.1) is 3.57 Å². The van der Waals surface area contributed by atoms with Crippen molar-refractivity contribution in [2.24, 2.45) is 0 Å². The fourth-order valence-corrected chi connectivity index (χ4v) is 4.77. The Kier molecular flexibility index (Phi) is 9.26. The van der Waals surface area contributed by atoms with Crippen molar-refractivity contribution >= 4 is 69.1 Å². The Balaban J connectivity index is 1.80. The highest BCUT2D eigenvalue weighted by Crippen LogP contribution is 2.38. The summed E-state index contributed by atoms with van der Waals surface area (Å²) in [4.78, 5) is 38.0. The van der Waals surface area contributed by atoms with E-state index in [0.29, 0.717) is 35.3 Å². The molecule has 0 unspecified atom stereocenters. The molecule has 0 bridgehead atoms. The predicted octanol–water partition coefficient (Wildman–Crippen LogP) is 5.91. The number of hydrogen-bond donors (Lipinski definition) is 0. The molecule has 0 aliphatic carbocycles. The van der Waals surface area contributed by atoms with E-state index in [9.17, 15) is 14.4 Å². The molecule has 2 amide bonds. The first kappa shape index (κ1) is 26.4. The van der Waals surface area contributed by atoms with Crippen molar-refractivity contribution in [1.29, 1.82) is 0 Å². The van der Waals surface area contributed by atoms with Gasteiger partial charge in [0.2, 0.25) is 0 Å². The molecule has 3 rings (SSSR count). The van der Waals surface area contributed by atoms with Gasteiger partial charge in [-0.05, 0) is 96.6 Å². The molecule has 1 heterocycles. The summed E-state index contributed by atoms with van der Waals surface area (Å²) in [5, 5.41) is 0.138. The minimum Gasteiger partial charge on any atom is -0.490 e. The van der Waals surface area contributed by atoms with E-state index >= 15 is 0 Å². The molecular formula is C24H23ClINO6S. The Morgan fingerprint density at radius 3 is 2.53 bits per heavy atom. The number of carbonyl (C=O) groups excluding carboxylic acids is 3. The van der Waals surface area contributed by atoms with Crippen LogP contribution in [0.1, 0.15) is 31.9 Å². The number of rotatable bonds is 9. The average Bonchev–Trinajstić information content (AvgIpc) is 3.01. The number of halogens is 2. The van der Waals surface area contributed by atoms with Crippen molar-refractivity contribution in [3.05, 3.63) is 61.0 Å². The lowest BCUT2D eigenvalue weighted by Gasteiger charge is -2.15. The highest BCUT2D eigenvalue weighted by atomic mass is 127. The smallest absolute Gasteiger partial charge is 0.326 e. The molecule has 2 aromatic rings. The first-order chi connectivity index (χ1) is 16.2. The highest BCUT2D eigenvalue weighted by molar-refractivity contribution is 14.1. The zero-order valence-corrected chi connectivity index (χ0v) is 22.5. The van der Waals surface area contributed by atoms with Crippen LogP contribution in [0.3, 0.4) is 0 Å². The molecule has 1 aliphatic rings. The molecule has 1 aliphatic heterocycles. The number of thioether (sulfide) groups is 1. The van der Waals surface area contributed by atoms with Gasteiger partial charge in [0, 0.05) is 5.02 Å². The molecule has 1 saturated heterocycles. The maximum absolute atomic E-state index is 12.7. The number of hydrogen-bond acceptors (Lipinski definition) is 7. The number of imide groups is 1. The van der Waals surface area contributed by atoms with Gasteiger partial charge >= 0.3 is 5.97 Å². The van der Waals surface area contributed by atoms with Crippen molar-refractivity contribution in [1.82, 2.24) is 4.90 Å². The van der Waals surface area contributed by atoms with Crippen molar-refractivity contribution in [2.45, 2.75) is 33.5 Å². The number of carbonyl (C=O) groups is 3. The van der Waals surface area contributed by atoms with Crippen LogP contribution in [0.2, 0.25) is 5.02 Å². The lowest BCUT2D eigenvalue weighted by molar-refractivity contribution is -0.149. The van der Waals surface area contributed by atoms with Gasteiger partial charge in [0.25, 0.3) is 11.1 Å². The zero-order chi connectivity index (χ0) is 24.8. The van der Waals surface area contributed by atoms with E-state index < -0.39 is 23.7 Å². The third-order valence-corrected chi connectivity index (χ3v) is 6.41. The molecule has 1 fully saturated rings. The van der Waals surface area contributed by atoms with E-state index in [-0.39, 0.29) is 11.0 Å². The number of ether oxygens (including phenoxy) is 3. The van der Waals surface area contributed by atoms with E-state index in [0.717, 1.165) is 25.8 Å². The number of benzene rings is 2. The molecule has 2 aromatic carbocycles. The van der Waals surface area contributed by atoms with Crippen molar-refractivity contribution in [3.8, 4) is 11.5 Å². The summed E-state index contributed by atoms with van der Waals surface area (Å²) >= 11 is 8.86. The third-order valence-electron chi connectivity index (χ3n) is 4.45. The van der Waals surface area contributed by atoms with Crippen molar-refractivity contribution in [3.63, 3.8) is 0 Å². The van der Waals surface area contributed by atoms with Gasteiger partial charge in [0.05, 0.1) is 21.2 Å². The SMILES string of the molecule is CCOc1cc(/C=C2\SC(=O)N(CC(=O)OC(C)C)C2=O)cc(I)c1OCc1ccc(Cl)cc1. The van der Waals surface area contributed by atoms with E-state index in [1.165, 1.54) is 0 Å². The minimum absolute atomic E-state index is 0.218. The van der Waals surface area contributed by atoms with E-state index in [2.05, 4.69) is 22.6 Å². The Morgan fingerprint density at radius 1 is 1.18 bits per heavy atom. The Labute approximate surface area is 220 Å². The van der Waals surface area contributed by atoms with Gasteiger partial charge in [-0.1, -0.05) is 23.7 Å². The van der Waals surface area contributed by atoms with Crippen LogP contribution >= 0.6 is 46.0 Å². The summed E-state index contributed by atoms with van der Waals surface area (Å²) in [6.07, 6.45) is 1.27. The molecule has 180 valence electrons. The summed E-state index contributed by atoms with van der Waals surface area (Å²) in [6, 6.07) is 11.0. The summed E-state index contributed by atoms with van der Waals surface area (Å²) in [7, 11) is 0. The molecule has 10 heteroatoms. The number of esters is 1. The highest BCUT2D eigenvalue weighted by Gasteiger charge is 2.36. The van der Waals surface area contributed by atoms with Crippen LogP contribution in [-0.2, 0) is 20.9 Å². The maximum atomic E-state index is 12.7. The minimum atomic E-state index is -0.631. The Hall–Kier alpha value is -2.24. The van der Waals surface area contributed by atoms with Crippen molar-refractivity contribution in [2.75, 3.05) is 13.2 Å². The van der Waals surface area contributed by atoms with Crippen LogP contribution in [-0.4, -0.2) is 41.3 Å². The van der Waals surface area contributed by atoms with Crippen LogP contribution in [0.25, 0.3) is 6.08 Å². The van der Waals surface area contributed by atoms with E-state index in [1.54, 1.807) is 38.1 Å². The summed E-state index contributed by atoms with van der Waals surface area (Å²) in [5.41, 5.74) is 1.62. The summed E-state index contributed by atoms with van der Waals surface area (Å²) in [5.74, 6) is -0.0610. The summed E-state index contributed by atoms with van der Waals surface area (Å²) in [6.45, 7) is 5.60. The quantitative estimate of drug-likeness (QED) is 0.197. The van der Waals surface area contributed by atoms with Gasteiger partial charge < -0.3 is 14.2 Å². The topological polar surface area (TPSA) is 82.1 Å². The fraction of sp³-hybridized carbons (Fsp3) is 0.292. The molecule has 0 spiro atoms. The van der Waals surface area contributed by atoms with Gasteiger partial charge in [0.15, 0.2) is 11.5 Å². The summed E-state index contributed by atoms with van der Waals surface area (Å²) < 4.78 is 17.6. The van der Waals surface area contributed by atoms with E-state index in [1.807, 2.05) is 25.1 Å². The number of amides is 2. The van der Waals surface area contributed by atoms with Gasteiger partial charge in [-0.25, -0.2) is 0 Å². The first-order valence-electron chi connectivity index (χ1n) is 10.5. The van der Waals surface area contributed by atoms with Gasteiger partial charge in [-0.2, -0.15) is 0 Å². The van der Waals surface area contributed by atoms with Gasteiger partial charge in [-0.15, -0.1) is 0 Å². The third kappa shape index (κ3) is 6.89. The Bertz CT molecular complexity index is 1120. The van der Waals surface area contributed by atoms with Crippen LogP contribution < -0.4 is 9.47 Å². The molecular weight excluding hydrogens is 593 g/mol. The molecule has 0 aromatic heterocycles. The molecule has 7 nitrogen and oxygen atoms in total. The lowest BCUT2D eigenvalue weighted by atomic mass is 10.1. The van der Waals surface area contributed by atoms with Crippen LogP contribution in [0.4, 0.5) is 4.79 Å². The van der Waals surface area contributed by atoms with Crippen LogP contribution in [0.15, 0.2) is 41.3 Å². The molecule has 0 radical (unpaired) electrons. The van der Waals surface area contributed by atoms with Crippen molar-refractivity contribution < 1.29 is 28.6 Å². The lowest BCUT2D eigenvalue weighted by Crippen LogP contribution is -2.35. The fourth-order valence-electron chi connectivity index (χ4n) is 3.03. The van der Waals surface area contributed by atoms with Gasteiger partial charge in [0.1, 0.15) is 13.2 Å². The standard InChI is InChI=1S/C24H23ClINO6S/c1-4-31-19-10-16(9-18(26)22(19)32-13-15-5-7-17(25)8-6-15)11-20-23(29)27(24(30)34-20)12-21(28)33-14(2)3/h5-11,14H,4,12-13H2,1-3H3/b20-11-. The molecule has 0 saturated carbocycles. The zero-order valence-electron chi connectivity index (χ0n) is 18.8. The maximum Gasteiger partial charge on any atom is 0.326 e. The molecule has 34 heavy (non-hydrogen) atoms. The predicted molar refractivity (Wildman–Crippen MR) is 140 cm³/mol. The van der Waals surface area contributed by atoms with Gasteiger partial charge in [-0.3, -0.25) is 19.3 Å². The average molecular weight is 616 g/mol. The number of nitrogens with zero attached hydrogens (tertiary/aromatic N) is 1. The van der Waals surface area contributed by atoms with E-state index in [4.69, 9.17) is 25.8 Å². The largest absolute Gasteiger partial charge is 0.490 e. The second kappa shape index (κ2) is 11.9. The van der Waals surface area contributed by atoms with Crippen LogP contribution in [0.5, 0.6) is 11.5 Å².